The van der Waals surface area contributed by atoms with Crippen molar-refractivity contribution in [3.05, 3.63) is 183 Å². The fraction of sp³-hybridized carbons (Fsp3) is 0.167. The number of carbonyl (C=O) groups is 3. The van der Waals surface area contributed by atoms with Crippen LogP contribution < -0.4 is 15.4 Å². The van der Waals surface area contributed by atoms with Gasteiger partial charge < -0.3 is 30.1 Å². The number of ether oxygens (including phenoxy) is 2. The average molecular weight is 941 g/mol. The van der Waals surface area contributed by atoms with E-state index in [1.165, 1.54) is 58.2 Å². The van der Waals surface area contributed by atoms with Crippen LogP contribution in [-0.4, -0.2) is 68.4 Å². The predicted octanol–water partition coefficient (Wildman–Crippen LogP) is 8.50. The van der Waals surface area contributed by atoms with Crippen molar-refractivity contribution in [3.63, 3.8) is 0 Å². The zero-order valence-corrected chi connectivity index (χ0v) is 38.1. The van der Waals surface area contributed by atoms with Gasteiger partial charge >= 0.3 is 5.97 Å². The fourth-order valence-electron chi connectivity index (χ4n) is 7.61. The van der Waals surface area contributed by atoms with Crippen molar-refractivity contribution in [2.24, 2.45) is 5.16 Å². The van der Waals surface area contributed by atoms with Gasteiger partial charge in [0.25, 0.3) is 5.91 Å². The van der Waals surface area contributed by atoms with Gasteiger partial charge in [-0.25, -0.2) is 14.8 Å². The number of thioether (sulfide) groups is 2. The van der Waals surface area contributed by atoms with Crippen molar-refractivity contribution in [2.75, 3.05) is 19.5 Å². The van der Waals surface area contributed by atoms with Gasteiger partial charge in [0.05, 0.1) is 40.6 Å². The Hall–Kier alpha value is -6.50. The third-order valence-electron chi connectivity index (χ3n) is 10.8. The summed E-state index contributed by atoms with van der Waals surface area (Å²) in [5.41, 5.74) is 4.37. The number of thiazole rings is 2. The van der Waals surface area contributed by atoms with Gasteiger partial charge in [-0.15, -0.1) is 34.4 Å². The lowest BCUT2D eigenvalue weighted by molar-refractivity contribution is -0.150. The Bertz CT molecular complexity index is 2810. The molecule has 328 valence electrons. The van der Waals surface area contributed by atoms with Crippen molar-refractivity contribution in [1.29, 1.82) is 0 Å². The second kappa shape index (κ2) is 19.3. The molecule has 2 aliphatic rings. The van der Waals surface area contributed by atoms with Crippen molar-refractivity contribution < 1.29 is 33.8 Å². The van der Waals surface area contributed by atoms with Crippen molar-refractivity contribution in [2.45, 2.75) is 40.3 Å². The number of oxime groups is 1. The number of benzene rings is 5. The summed E-state index contributed by atoms with van der Waals surface area (Å²) in [4.78, 5) is 59.0. The number of nitrogens with zero attached hydrogens (tertiary/aromatic N) is 4. The standard InChI is InChI=1S/C48H40N6O7S4/c1-59-34-21-18-29(19-22-34)27-61-45(58)41-42(65-47-50-35-23-20-30(26-55)24-37(35)63-47)44(64-39-25-38(56)54(39)41)51-43(57)40(53-60-2)36-28-62-46(49-36)52-48(31-12-6-3-7-13-31,32-14-8-4-9-15-32)33-16-10-5-11-17-33/h3-24,28,39,44,55H,25-27H2,1-2H3,(H,49,52)(H,51,57)/t39-,44?/m0/s1. The average Bonchev–Trinajstić information content (AvgIpc) is 3.99. The van der Waals surface area contributed by atoms with Crippen LogP contribution in [0, 0.1) is 0 Å². The van der Waals surface area contributed by atoms with Crippen molar-refractivity contribution in [3.8, 4) is 5.75 Å². The van der Waals surface area contributed by atoms with Gasteiger partial charge in [-0.3, -0.25) is 14.5 Å². The van der Waals surface area contributed by atoms with Gasteiger partial charge in [0.2, 0.25) is 5.91 Å². The van der Waals surface area contributed by atoms with Crippen LogP contribution in [0.3, 0.4) is 0 Å². The molecule has 0 aliphatic carbocycles. The number of β-lactam (4-membered cyclic amide) rings is 1. The maximum atomic E-state index is 14.6. The van der Waals surface area contributed by atoms with E-state index < -0.39 is 28.2 Å². The molecule has 0 saturated carbocycles. The van der Waals surface area contributed by atoms with Crippen LogP contribution in [0.2, 0.25) is 0 Å². The minimum atomic E-state index is -0.875. The molecule has 1 unspecified atom stereocenters. The number of aliphatic hydroxyl groups excluding tert-OH is 1. The number of aliphatic hydroxyl groups is 1. The summed E-state index contributed by atoms with van der Waals surface area (Å²) < 4.78 is 12.5. The maximum Gasteiger partial charge on any atom is 0.356 e. The van der Waals surface area contributed by atoms with Gasteiger partial charge in [0.15, 0.2) is 15.2 Å². The van der Waals surface area contributed by atoms with Gasteiger partial charge in [-0.1, -0.05) is 126 Å². The summed E-state index contributed by atoms with van der Waals surface area (Å²) in [5.74, 6) is -0.951. The molecule has 3 N–H and O–H groups in total. The third kappa shape index (κ3) is 8.97. The first-order chi connectivity index (χ1) is 31.8. The number of amides is 2. The van der Waals surface area contributed by atoms with E-state index in [-0.39, 0.29) is 42.6 Å². The van der Waals surface area contributed by atoms with Crippen molar-refractivity contribution >= 4 is 85.0 Å². The van der Waals surface area contributed by atoms with Crippen LogP contribution in [0.25, 0.3) is 10.2 Å². The molecule has 65 heavy (non-hydrogen) atoms. The molecule has 0 spiro atoms. The minimum Gasteiger partial charge on any atom is -0.497 e. The predicted molar refractivity (Wildman–Crippen MR) is 254 cm³/mol. The lowest BCUT2D eigenvalue weighted by Crippen LogP contribution is -2.57. The molecule has 9 rings (SSSR count). The smallest absolute Gasteiger partial charge is 0.356 e. The molecule has 2 aromatic heterocycles. The number of carbonyl (C=O) groups excluding carboxylic acids is 3. The topological polar surface area (TPSA) is 165 Å². The summed E-state index contributed by atoms with van der Waals surface area (Å²) >= 11 is 5.16. The van der Waals surface area contributed by atoms with Crippen LogP contribution in [0.5, 0.6) is 5.75 Å². The Labute approximate surface area is 390 Å². The summed E-state index contributed by atoms with van der Waals surface area (Å²) in [6, 6.07) is 42.9. The first kappa shape index (κ1) is 43.7. The van der Waals surface area contributed by atoms with Crippen LogP contribution in [0.1, 0.15) is 39.9 Å². The lowest BCUT2D eigenvalue weighted by Gasteiger charge is -2.46. The highest BCUT2D eigenvalue weighted by Gasteiger charge is 2.50. The normalized spacial score (nSPS) is 16.1. The van der Waals surface area contributed by atoms with Crippen LogP contribution in [0.4, 0.5) is 5.13 Å². The van der Waals surface area contributed by atoms with E-state index in [9.17, 15) is 19.5 Å². The molecule has 17 heteroatoms. The molecule has 2 atom stereocenters. The number of anilines is 1. The third-order valence-corrected chi connectivity index (χ3v) is 15.2. The Morgan fingerprint density at radius 1 is 0.877 bits per heavy atom. The summed E-state index contributed by atoms with van der Waals surface area (Å²) in [7, 11) is 2.92. The van der Waals surface area contributed by atoms with E-state index in [4.69, 9.17) is 24.3 Å². The van der Waals surface area contributed by atoms with Gasteiger partial charge in [0.1, 0.15) is 41.8 Å². The highest BCUT2D eigenvalue weighted by atomic mass is 32.2. The first-order valence-electron chi connectivity index (χ1n) is 20.3. The minimum absolute atomic E-state index is 0.0218. The number of hydrogen-bond acceptors (Lipinski definition) is 15. The van der Waals surface area contributed by atoms with E-state index in [1.54, 1.807) is 42.8 Å². The molecule has 2 amide bonds. The van der Waals surface area contributed by atoms with Gasteiger partial charge in [-0.05, 0) is 52.1 Å². The van der Waals surface area contributed by atoms with Gasteiger partial charge in [0, 0.05) is 5.38 Å². The van der Waals surface area contributed by atoms with Crippen LogP contribution >= 0.6 is 46.2 Å². The van der Waals surface area contributed by atoms with E-state index in [2.05, 4.69) is 52.2 Å². The number of esters is 1. The highest BCUT2D eigenvalue weighted by Crippen LogP contribution is 2.50. The number of nitrogens with one attached hydrogen (secondary N) is 2. The monoisotopic (exact) mass is 940 g/mol. The molecular formula is C48H40N6O7S4. The molecule has 1 saturated heterocycles. The Morgan fingerprint density at radius 2 is 1.52 bits per heavy atom. The molecule has 5 aromatic carbocycles. The molecular weight excluding hydrogens is 901 g/mol. The maximum absolute atomic E-state index is 14.6. The molecule has 13 nitrogen and oxygen atoms in total. The summed E-state index contributed by atoms with van der Waals surface area (Å²) in [6.45, 7) is -0.206. The molecule has 7 aromatic rings. The van der Waals surface area contributed by atoms with E-state index in [0.29, 0.717) is 31.2 Å². The zero-order chi connectivity index (χ0) is 44.9. The largest absolute Gasteiger partial charge is 0.497 e. The zero-order valence-electron chi connectivity index (χ0n) is 34.9. The quantitative estimate of drug-likeness (QED) is 0.0279. The Balaban J connectivity index is 1.06. The molecule has 4 heterocycles. The van der Waals surface area contributed by atoms with Crippen LogP contribution in [0.15, 0.2) is 159 Å². The number of hydrogen-bond donors (Lipinski definition) is 3. The fourth-order valence-corrected chi connectivity index (χ4v) is 12.2. The Morgan fingerprint density at radius 3 is 2.12 bits per heavy atom. The van der Waals surface area contributed by atoms with Gasteiger partial charge in [-0.2, -0.15) is 0 Å². The second-order valence-electron chi connectivity index (χ2n) is 14.7. The highest BCUT2D eigenvalue weighted by molar-refractivity contribution is 8.07. The van der Waals surface area contributed by atoms with Crippen molar-refractivity contribution in [1.82, 2.24) is 20.2 Å². The number of aromatic nitrogens is 2. The van der Waals surface area contributed by atoms with E-state index in [1.807, 2.05) is 66.7 Å². The SMILES string of the molecule is CON=C(C(=O)NC1S[C@H]2CC(=O)N2C(C(=O)OCc2ccc(OC)cc2)=C1Sc1nc2ccc(CO)cc2s1)c1csc(NC(c2ccccc2)(c2ccccc2)c2ccccc2)n1. The Kier molecular flexibility index (Phi) is 13.0. The molecule has 0 radical (unpaired) electrons. The molecule has 2 aliphatic heterocycles. The number of rotatable bonds is 16. The van der Waals surface area contributed by atoms with Crippen LogP contribution in [-0.2, 0) is 42.7 Å². The summed E-state index contributed by atoms with van der Waals surface area (Å²) in [6.07, 6.45) is 0.154. The number of methoxy groups -OCH3 is 1. The molecule has 1 fully saturated rings. The first-order valence-corrected chi connectivity index (χ1v) is 23.8. The summed E-state index contributed by atoms with van der Waals surface area (Å²) in [5, 5.41) is 21.8. The lowest BCUT2D eigenvalue weighted by atomic mass is 9.77. The molecule has 0 bridgehead atoms. The van der Waals surface area contributed by atoms with E-state index >= 15 is 0 Å². The number of fused-ring (bicyclic) bond motifs is 2. The van der Waals surface area contributed by atoms with E-state index in [0.717, 1.165) is 27.0 Å². The second-order valence-corrected chi connectivity index (χ2v) is 19.2.